The van der Waals surface area contributed by atoms with E-state index < -0.39 is 10.8 Å². The molecule has 0 aliphatic heterocycles. The van der Waals surface area contributed by atoms with Gasteiger partial charge in [-0.25, -0.2) is 4.79 Å². The lowest BCUT2D eigenvalue weighted by molar-refractivity contribution is 0.252. The second-order valence-electron chi connectivity index (χ2n) is 5.42. The zero-order chi connectivity index (χ0) is 17.5. The number of carbonyl (C=O) groups excluding carboxylic acids is 1. The number of nitrogens with one attached hydrogen (secondary N) is 2. The third-order valence-electron chi connectivity index (χ3n) is 3.60. The minimum atomic E-state index is -1.07. The standard InChI is InChI=1S/C18H22N2O3S/c1-13-7-8-14(11-17(13)23-2)9-10-19-18(21)20-15-5-4-6-16(12-15)24(3)22/h4-8,11-12H,9-10H2,1-3H3,(H2,19,20,21)/t24-/m1/s1. The Kier molecular flexibility index (Phi) is 6.37. The Balaban J connectivity index is 1.85. The highest BCUT2D eigenvalue weighted by Crippen LogP contribution is 2.19. The topological polar surface area (TPSA) is 67.4 Å². The molecule has 0 aromatic heterocycles. The van der Waals surface area contributed by atoms with E-state index in [0.717, 1.165) is 16.9 Å². The van der Waals surface area contributed by atoms with Crippen molar-refractivity contribution in [1.82, 2.24) is 5.32 Å². The minimum absolute atomic E-state index is 0.284. The van der Waals surface area contributed by atoms with Crippen molar-refractivity contribution in [2.75, 3.05) is 25.2 Å². The molecule has 0 saturated heterocycles. The van der Waals surface area contributed by atoms with E-state index in [1.165, 1.54) is 0 Å². The molecule has 128 valence electrons. The van der Waals surface area contributed by atoms with Crippen LogP contribution in [-0.2, 0) is 17.2 Å². The zero-order valence-corrected chi connectivity index (χ0v) is 14.9. The van der Waals surface area contributed by atoms with Gasteiger partial charge in [0.15, 0.2) is 0 Å². The van der Waals surface area contributed by atoms with Crippen molar-refractivity contribution in [3.8, 4) is 5.75 Å². The van der Waals surface area contributed by atoms with E-state index in [4.69, 9.17) is 4.74 Å². The van der Waals surface area contributed by atoms with Crippen molar-refractivity contribution in [2.24, 2.45) is 0 Å². The molecular formula is C18H22N2O3S. The Morgan fingerprint density at radius 2 is 2.00 bits per heavy atom. The van der Waals surface area contributed by atoms with Gasteiger partial charge in [-0.1, -0.05) is 18.2 Å². The molecule has 0 heterocycles. The molecule has 2 aromatic rings. The van der Waals surface area contributed by atoms with Gasteiger partial charge in [0.2, 0.25) is 0 Å². The van der Waals surface area contributed by atoms with Crippen LogP contribution in [0.15, 0.2) is 47.4 Å². The number of carbonyl (C=O) groups is 1. The maximum atomic E-state index is 11.9. The Morgan fingerprint density at radius 3 is 2.71 bits per heavy atom. The number of amides is 2. The molecule has 0 aliphatic carbocycles. The van der Waals surface area contributed by atoms with Crippen LogP contribution >= 0.6 is 0 Å². The van der Waals surface area contributed by atoms with Gasteiger partial charge in [-0.05, 0) is 48.7 Å². The second-order valence-corrected chi connectivity index (χ2v) is 6.80. The highest BCUT2D eigenvalue weighted by atomic mass is 32.2. The lowest BCUT2D eigenvalue weighted by Gasteiger charge is -2.10. The molecule has 0 aliphatic rings. The number of methoxy groups -OCH3 is 1. The molecule has 0 saturated carbocycles. The van der Waals surface area contributed by atoms with Gasteiger partial charge in [-0.2, -0.15) is 0 Å². The van der Waals surface area contributed by atoms with Gasteiger partial charge in [-0.15, -0.1) is 0 Å². The monoisotopic (exact) mass is 346 g/mol. The summed E-state index contributed by atoms with van der Waals surface area (Å²) in [5.41, 5.74) is 2.80. The molecule has 0 bridgehead atoms. The fourth-order valence-corrected chi connectivity index (χ4v) is 2.83. The number of aryl methyl sites for hydroxylation is 1. The van der Waals surface area contributed by atoms with Gasteiger partial charge < -0.3 is 15.4 Å². The molecular weight excluding hydrogens is 324 g/mol. The Bertz CT molecular complexity index is 747. The number of hydrogen-bond donors (Lipinski definition) is 2. The molecule has 0 spiro atoms. The van der Waals surface area contributed by atoms with Gasteiger partial charge in [0.25, 0.3) is 0 Å². The number of ether oxygens (including phenoxy) is 1. The number of anilines is 1. The molecule has 2 rings (SSSR count). The summed E-state index contributed by atoms with van der Waals surface area (Å²) in [6.07, 6.45) is 2.32. The molecule has 0 radical (unpaired) electrons. The first-order valence-electron chi connectivity index (χ1n) is 7.61. The second kappa shape index (κ2) is 8.49. The largest absolute Gasteiger partial charge is 0.496 e. The molecule has 5 nitrogen and oxygen atoms in total. The predicted octanol–water partition coefficient (Wildman–Crippen LogP) is 3.11. The van der Waals surface area contributed by atoms with Crippen LogP contribution in [-0.4, -0.2) is 30.2 Å². The van der Waals surface area contributed by atoms with Crippen molar-refractivity contribution in [3.63, 3.8) is 0 Å². The van der Waals surface area contributed by atoms with Crippen molar-refractivity contribution in [3.05, 3.63) is 53.6 Å². The lowest BCUT2D eigenvalue weighted by atomic mass is 10.1. The van der Waals surface area contributed by atoms with E-state index in [1.807, 2.05) is 25.1 Å². The Morgan fingerprint density at radius 1 is 1.21 bits per heavy atom. The average molecular weight is 346 g/mol. The van der Waals surface area contributed by atoms with E-state index in [1.54, 1.807) is 37.6 Å². The smallest absolute Gasteiger partial charge is 0.319 e. The quantitative estimate of drug-likeness (QED) is 0.844. The molecule has 0 fully saturated rings. The van der Waals surface area contributed by atoms with Gasteiger partial charge in [0, 0.05) is 34.2 Å². The normalized spacial score (nSPS) is 11.6. The molecule has 1 atom stereocenters. The number of benzene rings is 2. The molecule has 2 N–H and O–H groups in total. The van der Waals surface area contributed by atoms with Crippen LogP contribution in [0.2, 0.25) is 0 Å². The average Bonchev–Trinajstić information content (AvgIpc) is 2.56. The Hall–Kier alpha value is -2.34. The minimum Gasteiger partial charge on any atom is -0.496 e. The van der Waals surface area contributed by atoms with Crippen LogP contribution in [0.1, 0.15) is 11.1 Å². The van der Waals surface area contributed by atoms with Crippen LogP contribution in [0, 0.1) is 6.92 Å². The fourth-order valence-electron chi connectivity index (χ4n) is 2.27. The van der Waals surface area contributed by atoms with E-state index in [2.05, 4.69) is 10.6 Å². The van der Waals surface area contributed by atoms with Crippen LogP contribution in [0.3, 0.4) is 0 Å². The summed E-state index contributed by atoms with van der Waals surface area (Å²) in [5, 5.41) is 5.56. The molecule has 2 amide bonds. The van der Waals surface area contributed by atoms with E-state index >= 15 is 0 Å². The summed E-state index contributed by atoms with van der Waals surface area (Å²) >= 11 is 0. The molecule has 2 aromatic carbocycles. The van der Waals surface area contributed by atoms with Crippen molar-refractivity contribution in [1.29, 1.82) is 0 Å². The zero-order valence-electron chi connectivity index (χ0n) is 14.1. The van der Waals surface area contributed by atoms with Crippen LogP contribution in [0.4, 0.5) is 10.5 Å². The molecule has 6 heteroatoms. The summed E-state index contributed by atoms with van der Waals surface area (Å²) in [5.74, 6) is 0.848. The van der Waals surface area contributed by atoms with Crippen LogP contribution in [0.25, 0.3) is 0 Å². The Labute approximate surface area is 144 Å². The first-order chi connectivity index (χ1) is 11.5. The summed E-state index contributed by atoms with van der Waals surface area (Å²) in [6, 6.07) is 12.7. The van der Waals surface area contributed by atoms with Crippen LogP contribution in [0.5, 0.6) is 5.75 Å². The highest BCUT2D eigenvalue weighted by Gasteiger charge is 2.05. The number of urea groups is 1. The summed E-state index contributed by atoms with van der Waals surface area (Å²) < 4.78 is 16.8. The lowest BCUT2D eigenvalue weighted by Crippen LogP contribution is -2.30. The summed E-state index contributed by atoms with van der Waals surface area (Å²) in [4.78, 5) is 12.6. The molecule has 0 unspecified atom stereocenters. The predicted molar refractivity (Wildman–Crippen MR) is 97.2 cm³/mol. The molecule has 24 heavy (non-hydrogen) atoms. The van der Waals surface area contributed by atoms with Crippen molar-refractivity contribution < 1.29 is 13.7 Å². The third-order valence-corrected chi connectivity index (χ3v) is 4.51. The maximum absolute atomic E-state index is 11.9. The van der Waals surface area contributed by atoms with E-state index in [0.29, 0.717) is 23.5 Å². The van der Waals surface area contributed by atoms with E-state index in [-0.39, 0.29) is 6.03 Å². The maximum Gasteiger partial charge on any atom is 0.319 e. The number of rotatable bonds is 6. The highest BCUT2D eigenvalue weighted by molar-refractivity contribution is 7.84. The van der Waals surface area contributed by atoms with Crippen molar-refractivity contribution >= 4 is 22.5 Å². The first kappa shape index (κ1) is 18.0. The SMILES string of the molecule is COc1cc(CCNC(=O)Nc2cccc([S@@](C)=O)c2)ccc1C. The fraction of sp³-hybridized carbons (Fsp3) is 0.278. The van der Waals surface area contributed by atoms with Gasteiger partial charge in [0.05, 0.1) is 7.11 Å². The van der Waals surface area contributed by atoms with Gasteiger partial charge in [-0.3, -0.25) is 4.21 Å². The van der Waals surface area contributed by atoms with Gasteiger partial charge >= 0.3 is 6.03 Å². The van der Waals surface area contributed by atoms with E-state index in [9.17, 15) is 9.00 Å². The first-order valence-corrected chi connectivity index (χ1v) is 9.17. The third kappa shape index (κ3) is 5.09. The van der Waals surface area contributed by atoms with Gasteiger partial charge in [0.1, 0.15) is 5.75 Å². The van der Waals surface area contributed by atoms with Crippen molar-refractivity contribution in [2.45, 2.75) is 18.2 Å². The number of hydrogen-bond acceptors (Lipinski definition) is 3. The van der Waals surface area contributed by atoms with Crippen LogP contribution < -0.4 is 15.4 Å². The summed E-state index contributed by atoms with van der Waals surface area (Å²) in [6.45, 7) is 2.50. The summed E-state index contributed by atoms with van der Waals surface area (Å²) in [7, 11) is 0.575.